The van der Waals surface area contributed by atoms with Crippen molar-refractivity contribution in [3.8, 4) is 11.4 Å². The van der Waals surface area contributed by atoms with E-state index in [4.69, 9.17) is 20.9 Å². The highest BCUT2D eigenvalue weighted by Gasteiger charge is 2.37. The third kappa shape index (κ3) is 4.36. The first-order valence-corrected chi connectivity index (χ1v) is 11.1. The van der Waals surface area contributed by atoms with Crippen LogP contribution in [0.3, 0.4) is 0 Å². The van der Waals surface area contributed by atoms with Crippen LogP contribution in [0.4, 0.5) is 9.18 Å². The van der Waals surface area contributed by atoms with E-state index in [1.165, 1.54) is 12.1 Å². The number of urea groups is 1. The molecule has 0 spiro atoms. The highest BCUT2D eigenvalue weighted by atomic mass is 35.5. The van der Waals surface area contributed by atoms with Gasteiger partial charge in [0.05, 0.1) is 24.3 Å². The Kier molecular flexibility index (Phi) is 5.86. The van der Waals surface area contributed by atoms with Crippen LogP contribution < -0.4 is 5.32 Å². The molecule has 0 aliphatic carbocycles. The number of halogens is 2. The van der Waals surface area contributed by atoms with Gasteiger partial charge in [0.25, 0.3) is 5.89 Å². The number of ether oxygens (including phenoxy) is 1. The predicted octanol–water partition coefficient (Wildman–Crippen LogP) is 5.21. The van der Waals surface area contributed by atoms with Crippen molar-refractivity contribution >= 4 is 23.2 Å². The minimum absolute atomic E-state index is 0.0171. The maximum Gasteiger partial charge on any atom is 0.322 e. The summed E-state index contributed by atoms with van der Waals surface area (Å²) in [6.45, 7) is 3.01. The molecule has 1 aromatic heterocycles. The van der Waals surface area contributed by atoms with Gasteiger partial charge in [-0.1, -0.05) is 28.9 Å². The SMILES string of the molecule is CC1=C(c2nc(-c3ccc(F)cc3)no2)C(c2ccc(Cl)cc2)NC(=O)N1CC1CCCO1. The Bertz CT molecular complexity index is 1190. The van der Waals surface area contributed by atoms with E-state index in [0.29, 0.717) is 40.8 Å². The number of aromatic nitrogens is 2. The summed E-state index contributed by atoms with van der Waals surface area (Å²) in [6, 6.07) is 12.4. The zero-order valence-corrected chi connectivity index (χ0v) is 18.7. The Hall–Kier alpha value is -3.23. The van der Waals surface area contributed by atoms with Crippen molar-refractivity contribution < 1.29 is 18.4 Å². The van der Waals surface area contributed by atoms with E-state index >= 15 is 0 Å². The zero-order valence-electron chi connectivity index (χ0n) is 17.9. The Morgan fingerprint density at radius 2 is 1.94 bits per heavy atom. The summed E-state index contributed by atoms with van der Waals surface area (Å²) in [6.07, 6.45) is 1.87. The van der Waals surface area contributed by atoms with Gasteiger partial charge >= 0.3 is 6.03 Å². The Balaban J connectivity index is 1.56. The molecule has 170 valence electrons. The Labute approximate surface area is 195 Å². The molecule has 1 fully saturated rings. The average Bonchev–Trinajstić information content (AvgIpc) is 3.50. The number of hydrogen-bond donors (Lipinski definition) is 1. The summed E-state index contributed by atoms with van der Waals surface area (Å²) < 4.78 is 24.7. The monoisotopic (exact) mass is 468 g/mol. The molecule has 0 bridgehead atoms. The molecule has 3 heterocycles. The molecule has 0 radical (unpaired) electrons. The van der Waals surface area contributed by atoms with Crippen molar-refractivity contribution in [2.45, 2.75) is 31.9 Å². The van der Waals surface area contributed by atoms with Gasteiger partial charge in [-0.2, -0.15) is 4.98 Å². The van der Waals surface area contributed by atoms with Crippen LogP contribution in [0.5, 0.6) is 0 Å². The van der Waals surface area contributed by atoms with Crippen molar-refractivity contribution in [3.63, 3.8) is 0 Å². The van der Waals surface area contributed by atoms with E-state index in [-0.39, 0.29) is 23.8 Å². The molecule has 2 aliphatic heterocycles. The fourth-order valence-corrected chi connectivity index (χ4v) is 4.35. The summed E-state index contributed by atoms with van der Waals surface area (Å²) in [7, 11) is 0. The molecule has 2 aromatic carbocycles. The quantitative estimate of drug-likeness (QED) is 0.556. The number of benzene rings is 2. The van der Waals surface area contributed by atoms with Gasteiger partial charge in [-0.15, -0.1) is 0 Å². The third-order valence-corrected chi connectivity index (χ3v) is 6.22. The number of amides is 2. The molecule has 0 saturated carbocycles. The second-order valence-electron chi connectivity index (χ2n) is 8.11. The smallest absolute Gasteiger partial charge is 0.322 e. The molecule has 2 aliphatic rings. The van der Waals surface area contributed by atoms with Crippen molar-refractivity contribution in [1.82, 2.24) is 20.4 Å². The number of hydrogen-bond acceptors (Lipinski definition) is 5. The summed E-state index contributed by atoms with van der Waals surface area (Å²) in [5, 5.41) is 7.76. The summed E-state index contributed by atoms with van der Waals surface area (Å²) in [5.74, 6) is 0.274. The van der Waals surface area contributed by atoms with Crippen LogP contribution >= 0.6 is 11.6 Å². The normalized spacial score (nSPS) is 20.9. The minimum Gasteiger partial charge on any atom is -0.376 e. The van der Waals surface area contributed by atoms with Gasteiger partial charge in [-0.05, 0) is 61.7 Å². The predicted molar refractivity (Wildman–Crippen MR) is 121 cm³/mol. The first kappa shape index (κ1) is 21.6. The number of carbonyl (C=O) groups excluding carboxylic acids is 1. The average molecular weight is 469 g/mol. The largest absolute Gasteiger partial charge is 0.376 e. The molecule has 7 nitrogen and oxygen atoms in total. The van der Waals surface area contributed by atoms with Gasteiger partial charge in [0, 0.05) is 22.9 Å². The molecular weight excluding hydrogens is 447 g/mol. The van der Waals surface area contributed by atoms with Crippen LogP contribution in [0.2, 0.25) is 5.02 Å². The minimum atomic E-state index is -0.503. The molecule has 1 N–H and O–H groups in total. The first-order valence-electron chi connectivity index (χ1n) is 10.8. The maximum absolute atomic E-state index is 13.3. The van der Waals surface area contributed by atoms with Crippen LogP contribution in [0.25, 0.3) is 17.0 Å². The molecule has 5 rings (SSSR count). The molecular formula is C24H22ClFN4O3. The summed E-state index contributed by atoms with van der Waals surface area (Å²) in [4.78, 5) is 19.3. The van der Waals surface area contributed by atoms with Crippen LogP contribution in [0.1, 0.15) is 37.3 Å². The van der Waals surface area contributed by atoms with Crippen molar-refractivity contribution in [3.05, 3.63) is 76.5 Å². The topological polar surface area (TPSA) is 80.5 Å². The summed E-state index contributed by atoms with van der Waals surface area (Å²) >= 11 is 6.07. The fourth-order valence-electron chi connectivity index (χ4n) is 4.22. The number of nitrogens with zero attached hydrogens (tertiary/aromatic N) is 3. The number of nitrogens with one attached hydrogen (secondary N) is 1. The van der Waals surface area contributed by atoms with Crippen molar-refractivity contribution in [2.24, 2.45) is 0 Å². The van der Waals surface area contributed by atoms with E-state index in [9.17, 15) is 9.18 Å². The standard InChI is InChI=1S/C24H22ClFN4O3/c1-14-20(23-28-22(29-33-23)16-6-10-18(26)11-7-16)21(15-4-8-17(25)9-5-15)27-24(31)30(14)13-19-3-2-12-32-19/h4-11,19,21H,2-3,12-13H2,1H3,(H,27,31). The van der Waals surface area contributed by atoms with Crippen molar-refractivity contribution in [2.75, 3.05) is 13.2 Å². The van der Waals surface area contributed by atoms with Crippen LogP contribution in [0, 0.1) is 5.82 Å². The number of allylic oxidation sites excluding steroid dienone is 1. The lowest BCUT2D eigenvalue weighted by Gasteiger charge is -2.36. The summed E-state index contributed by atoms with van der Waals surface area (Å²) in [5.41, 5.74) is 2.86. The number of carbonyl (C=O) groups is 1. The lowest BCUT2D eigenvalue weighted by molar-refractivity contribution is 0.0877. The van der Waals surface area contributed by atoms with Gasteiger partial charge in [0.2, 0.25) is 5.82 Å². The highest BCUT2D eigenvalue weighted by Crippen LogP contribution is 2.38. The van der Waals surface area contributed by atoms with E-state index in [1.54, 1.807) is 29.2 Å². The van der Waals surface area contributed by atoms with Gasteiger partial charge in [-0.25, -0.2) is 9.18 Å². The molecule has 2 atom stereocenters. The van der Waals surface area contributed by atoms with Gasteiger partial charge in [0.1, 0.15) is 5.82 Å². The Morgan fingerprint density at radius 1 is 1.18 bits per heavy atom. The highest BCUT2D eigenvalue weighted by molar-refractivity contribution is 6.30. The van der Waals surface area contributed by atoms with Crippen LogP contribution in [0.15, 0.2) is 58.8 Å². The first-order chi connectivity index (χ1) is 16.0. The molecule has 2 amide bonds. The third-order valence-electron chi connectivity index (χ3n) is 5.97. The van der Waals surface area contributed by atoms with Crippen LogP contribution in [-0.2, 0) is 4.74 Å². The van der Waals surface area contributed by atoms with Gasteiger partial charge in [-0.3, -0.25) is 4.90 Å². The zero-order chi connectivity index (χ0) is 22.9. The Morgan fingerprint density at radius 3 is 2.64 bits per heavy atom. The second-order valence-corrected chi connectivity index (χ2v) is 8.55. The van der Waals surface area contributed by atoms with Gasteiger partial charge in [0.15, 0.2) is 0 Å². The fraction of sp³-hybridized carbons (Fsp3) is 0.292. The lowest BCUT2D eigenvalue weighted by atomic mass is 9.94. The van der Waals surface area contributed by atoms with E-state index in [2.05, 4.69) is 15.5 Å². The molecule has 1 saturated heterocycles. The second kappa shape index (κ2) is 8.96. The lowest BCUT2D eigenvalue weighted by Crippen LogP contribution is -2.48. The molecule has 3 aromatic rings. The molecule has 9 heteroatoms. The number of rotatable bonds is 5. The van der Waals surface area contributed by atoms with Crippen molar-refractivity contribution in [1.29, 1.82) is 0 Å². The maximum atomic E-state index is 13.3. The van der Waals surface area contributed by atoms with E-state index < -0.39 is 6.04 Å². The van der Waals surface area contributed by atoms with Gasteiger partial charge < -0.3 is 14.6 Å². The van der Waals surface area contributed by atoms with Crippen LogP contribution in [-0.4, -0.2) is 40.3 Å². The molecule has 33 heavy (non-hydrogen) atoms. The van der Waals surface area contributed by atoms with E-state index in [1.807, 2.05) is 19.1 Å². The molecule has 2 unspecified atom stereocenters. The van der Waals surface area contributed by atoms with E-state index in [0.717, 1.165) is 18.4 Å².